The van der Waals surface area contributed by atoms with Crippen molar-refractivity contribution in [1.82, 2.24) is 19.8 Å². The Morgan fingerprint density at radius 3 is 2.56 bits per heavy atom. The van der Waals surface area contributed by atoms with E-state index in [4.69, 9.17) is 5.73 Å². The molecule has 1 unspecified atom stereocenters. The van der Waals surface area contributed by atoms with Crippen LogP contribution in [-0.2, 0) is 12.7 Å². The summed E-state index contributed by atoms with van der Waals surface area (Å²) in [5.74, 6) is 8.38. The SMILES string of the molecule is CCN1CCN(Cc2ccc(C=O)cc2C(F)(F)F)CC1.CNc1cc(C#CC2CN=C3C=CC(N)=NN32)ccn1. The zero-order valence-electron chi connectivity index (χ0n) is 23.0. The van der Waals surface area contributed by atoms with Gasteiger partial charge in [-0.2, -0.15) is 18.3 Å². The quantitative estimate of drug-likeness (QED) is 0.424. The van der Waals surface area contributed by atoms with Gasteiger partial charge in [-0.15, -0.1) is 0 Å². The molecule has 12 heteroatoms. The van der Waals surface area contributed by atoms with Crippen molar-refractivity contribution in [1.29, 1.82) is 0 Å². The number of hydrogen-bond acceptors (Lipinski definition) is 9. The Labute approximate surface area is 237 Å². The number of amidine groups is 2. The number of hydrogen-bond donors (Lipinski definition) is 2. The number of benzene rings is 1. The summed E-state index contributed by atoms with van der Waals surface area (Å²) in [6, 6.07) is 7.50. The van der Waals surface area contributed by atoms with Crippen LogP contribution in [0.2, 0.25) is 0 Å². The largest absolute Gasteiger partial charge is 0.416 e. The van der Waals surface area contributed by atoms with Gasteiger partial charge < -0.3 is 16.0 Å². The minimum absolute atomic E-state index is 0.0573. The fourth-order valence-electron chi connectivity index (χ4n) is 4.55. The Hall–Kier alpha value is -4.21. The first kappa shape index (κ1) is 29.8. The number of carbonyl (C=O) groups excluding carboxylic acids is 1. The average Bonchev–Trinajstić information content (AvgIpc) is 3.38. The normalized spacial score (nSPS) is 18.8. The highest BCUT2D eigenvalue weighted by Crippen LogP contribution is 2.33. The number of anilines is 1. The predicted molar refractivity (Wildman–Crippen MR) is 154 cm³/mol. The highest BCUT2D eigenvalue weighted by molar-refractivity contribution is 6.05. The van der Waals surface area contributed by atoms with Gasteiger partial charge in [0.05, 0.1) is 12.1 Å². The van der Waals surface area contributed by atoms with Gasteiger partial charge in [0.15, 0.2) is 0 Å². The van der Waals surface area contributed by atoms with Crippen LogP contribution in [0, 0.1) is 11.8 Å². The minimum atomic E-state index is -4.43. The molecule has 0 aliphatic carbocycles. The van der Waals surface area contributed by atoms with Crippen molar-refractivity contribution >= 4 is 23.8 Å². The van der Waals surface area contributed by atoms with E-state index in [-0.39, 0.29) is 23.7 Å². The average molecular weight is 567 g/mol. The van der Waals surface area contributed by atoms with Gasteiger partial charge >= 0.3 is 6.18 Å². The standard InChI is InChI=1S/C15H19F3N2O.C14H14N6/c1-2-19-5-7-20(8-6-19)10-13-4-3-12(11-21)9-14(13)15(16,17)18;1-16-13-8-10(6-7-17-13)2-3-11-9-18-14-5-4-12(15)19-20(11)14/h3-4,9,11H,2,5-8,10H2,1H3;4-8,11H,9H2,1H3,(H2,15,19)(H,16,17). The van der Waals surface area contributed by atoms with Crippen LogP contribution >= 0.6 is 0 Å². The van der Waals surface area contributed by atoms with Gasteiger partial charge in [-0.05, 0) is 42.5 Å². The molecule has 0 radical (unpaired) electrons. The van der Waals surface area contributed by atoms with E-state index in [0.29, 0.717) is 18.7 Å². The molecule has 1 saturated heterocycles. The third kappa shape index (κ3) is 7.93. The molecule has 3 aliphatic heterocycles. The molecule has 4 heterocycles. The Kier molecular flexibility index (Phi) is 9.75. The van der Waals surface area contributed by atoms with Crippen molar-refractivity contribution in [2.24, 2.45) is 15.8 Å². The van der Waals surface area contributed by atoms with Crippen molar-refractivity contribution in [2.75, 3.05) is 51.6 Å². The number of halogens is 3. The second kappa shape index (κ2) is 13.4. The van der Waals surface area contributed by atoms with E-state index >= 15 is 0 Å². The Balaban J connectivity index is 0.000000189. The molecule has 9 nitrogen and oxygen atoms in total. The van der Waals surface area contributed by atoms with Crippen molar-refractivity contribution in [3.05, 3.63) is 70.9 Å². The highest BCUT2D eigenvalue weighted by Gasteiger charge is 2.34. The molecule has 1 fully saturated rings. The number of aliphatic imine (C=N–C) groups is 1. The number of likely N-dealkylation sites (N-methyl/N-ethyl adjacent to an activating group) is 1. The number of carbonyl (C=O) groups is 1. The van der Waals surface area contributed by atoms with Gasteiger partial charge in [-0.3, -0.25) is 14.7 Å². The third-order valence-electron chi connectivity index (χ3n) is 6.86. The molecule has 0 spiro atoms. The monoisotopic (exact) mass is 566 g/mol. The van der Waals surface area contributed by atoms with Gasteiger partial charge in [0.2, 0.25) is 0 Å². The number of alkyl halides is 3. The van der Waals surface area contributed by atoms with Crippen LogP contribution in [-0.4, -0.2) is 90.1 Å². The first-order chi connectivity index (χ1) is 19.7. The summed E-state index contributed by atoms with van der Waals surface area (Å²) >= 11 is 0. The number of pyridine rings is 1. The molecule has 2 aromatic rings. The molecule has 0 bridgehead atoms. The van der Waals surface area contributed by atoms with Crippen LogP contribution < -0.4 is 11.1 Å². The lowest BCUT2D eigenvalue weighted by Crippen LogP contribution is -2.45. The molecule has 0 amide bonds. The summed E-state index contributed by atoms with van der Waals surface area (Å²) in [5.41, 5.74) is 6.19. The molecule has 41 heavy (non-hydrogen) atoms. The maximum atomic E-state index is 13.1. The van der Waals surface area contributed by atoms with E-state index in [1.54, 1.807) is 17.3 Å². The summed E-state index contributed by atoms with van der Waals surface area (Å²) in [5, 5.41) is 9.01. The zero-order valence-corrected chi connectivity index (χ0v) is 23.0. The molecular formula is C29H33F3N8O. The summed E-state index contributed by atoms with van der Waals surface area (Å²) in [6.07, 6.45) is 1.34. The molecule has 1 atom stereocenters. The van der Waals surface area contributed by atoms with E-state index in [2.05, 4.69) is 44.1 Å². The van der Waals surface area contributed by atoms with Crippen LogP contribution in [0.15, 0.2) is 58.8 Å². The van der Waals surface area contributed by atoms with E-state index in [1.807, 2.05) is 30.2 Å². The number of nitrogens with zero attached hydrogens (tertiary/aromatic N) is 6. The van der Waals surface area contributed by atoms with Gasteiger partial charge in [0.25, 0.3) is 0 Å². The molecule has 3 N–H and O–H groups in total. The molecule has 1 aromatic carbocycles. The number of piperazine rings is 1. The second-order valence-electron chi connectivity index (χ2n) is 9.61. The first-order valence-corrected chi connectivity index (χ1v) is 13.3. The van der Waals surface area contributed by atoms with Crippen LogP contribution in [0.1, 0.15) is 34.0 Å². The zero-order chi connectivity index (χ0) is 29.4. The lowest BCUT2D eigenvalue weighted by Gasteiger charge is -2.34. The van der Waals surface area contributed by atoms with E-state index < -0.39 is 11.7 Å². The Morgan fingerprint density at radius 2 is 1.88 bits per heavy atom. The smallest absolute Gasteiger partial charge is 0.382 e. The van der Waals surface area contributed by atoms with Crippen molar-refractivity contribution in [3.63, 3.8) is 0 Å². The van der Waals surface area contributed by atoms with Gasteiger partial charge in [-0.25, -0.2) is 9.99 Å². The highest BCUT2D eigenvalue weighted by atomic mass is 19.4. The first-order valence-electron chi connectivity index (χ1n) is 13.3. The molecular weight excluding hydrogens is 533 g/mol. The third-order valence-corrected chi connectivity index (χ3v) is 6.86. The molecule has 216 valence electrons. The number of nitrogens with two attached hydrogens (primary N) is 1. The maximum Gasteiger partial charge on any atom is 0.416 e. The maximum absolute atomic E-state index is 13.1. The number of aromatic nitrogens is 1. The number of rotatable bonds is 5. The van der Waals surface area contributed by atoms with Gasteiger partial charge in [0.1, 0.15) is 29.8 Å². The van der Waals surface area contributed by atoms with E-state index in [0.717, 1.165) is 56.0 Å². The van der Waals surface area contributed by atoms with E-state index in [9.17, 15) is 18.0 Å². The van der Waals surface area contributed by atoms with Crippen molar-refractivity contribution < 1.29 is 18.0 Å². The Bertz CT molecular complexity index is 1380. The fourth-order valence-corrected chi connectivity index (χ4v) is 4.55. The predicted octanol–water partition coefficient (Wildman–Crippen LogP) is 3.05. The van der Waals surface area contributed by atoms with Crippen LogP contribution in [0.25, 0.3) is 0 Å². The van der Waals surface area contributed by atoms with Crippen molar-refractivity contribution in [2.45, 2.75) is 25.7 Å². The lowest BCUT2D eigenvalue weighted by atomic mass is 10.0. The minimum Gasteiger partial charge on any atom is -0.382 e. The van der Waals surface area contributed by atoms with Crippen LogP contribution in [0.4, 0.5) is 19.0 Å². The van der Waals surface area contributed by atoms with Gasteiger partial charge in [0, 0.05) is 57.1 Å². The molecule has 3 aliphatic rings. The summed E-state index contributed by atoms with van der Waals surface area (Å²) in [4.78, 5) is 23.5. The number of aldehydes is 1. The second-order valence-corrected chi connectivity index (χ2v) is 9.61. The number of fused-ring (bicyclic) bond motifs is 1. The summed E-state index contributed by atoms with van der Waals surface area (Å²) in [7, 11) is 1.83. The van der Waals surface area contributed by atoms with E-state index in [1.165, 1.54) is 12.1 Å². The van der Waals surface area contributed by atoms with Crippen LogP contribution in [0.5, 0.6) is 0 Å². The molecule has 1 aromatic heterocycles. The van der Waals surface area contributed by atoms with Crippen LogP contribution in [0.3, 0.4) is 0 Å². The topological polar surface area (TPSA) is 102 Å². The number of hydrazone groups is 1. The molecule has 0 saturated carbocycles. The number of nitrogens with one attached hydrogen (secondary N) is 1. The van der Waals surface area contributed by atoms with Gasteiger partial charge in [-0.1, -0.05) is 30.9 Å². The molecule has 5 rings (SSSR count). The lowest BCUT2D eigenvalue weighted by molar-refractivity contribution is -0.138. The Morgan fingerprint density at radius 1 is 1.12 bits per heavy atom. The summed E-state index contributed by atoms with van der Waals surface area (Å²) in [6.45, 7) is 7.21. The van der Waals surface area contributed by atoms with Crippen molar-refractivity contribution in [3.8, 4) is 11.8 Å². The fraction of sp³-hybridized carbons (Fsp3) is 0.379. The summed E-state index contributed by atoms with van der Waals surface area (Å²) < 4.78 is 39.3.